The number of esters is 1. The van der Waals surface area contributed by atoms with Gasteiger partial charge in [0.25, 0.3) is 5.91 Å². The molecule has 0 saturated heterocycles. The fourth-order valence-corrected chi connectivity index (χ4v) is 4.05. The van der Waals surface area contributed by atoms with E-state index in [4.69, 9.17) is 4.74 Å². The van der Waals surface area contributed by atoms with Crippen molar-refractivity contribution in [3.63, 3.8) is 0 Å². The van der Waals surface area contributed by atoms with Crippen molar-refractivity contribution in [1.82, 2.24) is 4.31 Å². The molecular formula is C20H24N2O6S2. The zero-order chi connectivity index (χ0) is 22.5. The molecule has 0 radical (unpaired) electrons. The molecule has 30 heavy (non-hydrogen) atoms. The summed E-state index contributed by atoms with van der Waals surface area (Å²) < 4.78 is 30.8. The average Bonchev–Trinajstić information content (AvgIpc) is 3.22. The van der Waals surface area contributed by atoms with Crippen molar-refractivity contribution in [2.75, 3.05) is 19.4 Å². The van der Waals surface area contributed by atoms with E-state index in [9.17, 15) is 22.8 Å². The molecule has 1 aromatic carbocycles. The number of nitrogens with zero attached hydrogens (tertiary/aromatic N) is 1. The van der Waals surface area contributed by atoms with Gasteiger partial charge in [-0.15, -0.1) is 11.3 Å². The monoisotopic (exact) mass is 452 g/mol. The molecule has 0 aliphatic rings. The first kappa shape index (κ1) is 23.7. The molecule has 2 aromatic rings. The molecule has 1 amide bonds. The molecule has 2 rings (SSSR count). The number of nitrogens with one attached hydrogen (secondary N) is 1. The predicted molar refractivity (Wildman–Crippen MR) is 114 cm³/mol. The lowest BCUT2D eigenvalue weighted by atomic mass is 10.2. The van der Waals surface area contributed by atoms with Crippen LogP contribution in [-0.4, -0.2) is 50.6 Å². The van der Waals surface area contributed by atoms with Crippen molar-refractivity contribution in [3.05, 3.63) is 46.2 Å². The highest BCUT2D eigenvalue weighted by Crippen LogP contribution is 2.22. The molecule has 0 fully saturated rings. The van der Waals surface area contributed by atoms with Crippen LogP contribution in [0.1, 0.15) is 35.0 Å². The summed E-state index contributed by atoms with van der Waals surface area (Å²) in [6.45, 7) is 3.12. The van der Waals surface area contributed by atoms with Crippen molar-refractivity contribution >= 4 is 44.7 Å². The van der Waals surface area contributed by atoms with Crippen molar-refractivity contribution in [1.29, 1.82) is 0 Å². The van der Waals surface area contributed by atoms with E-state index >= 15 is 0 Å². The van der Waals surface area contributed by atoms with Gasteiger partial charge in [0.2, 0.25) is 10.0 Å². The Kier molecular flexibility index (Phi) is 7.88. The maximum absolute atomic E-state index is 12.4. The van der Waals surface area contributed by atoms with E-state index in [0.717, 1.165) is 4.31 Å². The fraction of sp³-hybridized carbons (Fsp3) is 0.350. The van der Waals surface area contributed by atoms with Crippen LogP contribution in [0.15, 0.2) is 40.6 Å². The number of thiophene rings is 1. The van der Waals surface area contributed by atoms with Gasteiger partial charge in [0.1, 0.15) is 0 Å². The van der Waals surface area contributed by atoms with Gasteiger partial charge in [0.05, 0.1) is 16.2 Å². The Morgan fingerprint density at radius 2 is 1.87 bits per heavy atom. The number of hydrogen-bond donors (Lipinski definition) is 1. The second kappa shape index (κ2) is 9.96. The molecule has 1 atom stereocenters. The Bertz CT molecular complexity index is 1030. The molecule has 1 aromatic heterocycles. The largest absolute Gasteiger partial charge is 0.453 e. The number of ether oxygens (including phenoxy) is 1. The van der Waals surface area contributed by atoms with Gasteiger partial charge < -0.3 is 10.1 Å². The molecule has 0 bridgehead atoms. The molecule has 0 aliphatic heterocycles. The van der Waals surface area contributed by atoms with Crippen LogP contribution in [0.25, 0.3) is 0 Å². The standard InChI is InChI=1S/C20H24N2O6S2/c1-13-7-8-15(30(26,27)22(3)4)12-16(13)21-20(25)14(2)28-19(24)10-9-17(23)18-6-5-11-29-18/h5-8,11-12,14H,9-10H2,1-4H3,(H,21,25)/t14-/m0/s1. The third-order valence-electron chi connectivity index (χ3n) is 4.28. The lowest BCUT2D eigenvalue weighted by Gasteiger charge is -2.16. The Hall–Kier alpha value is -2.56. The number of carbonyl (C=O) groups excluding carboxylic acids is 3. The zero-order valence-electron chi connectivity index (χ0n) is 17.2. The number of ketones is 1. The van der Waals surface area contributed by atoms with Gasteiger partial charge in [-0.1, -0.05) is 12.1 Å². The van der Waals surface area contributed by atoms with E-state index in [1.54, 1.807) is 30.5 Å². The molecule has 0 spiro atoms. The highest BCUT2D eigenvalue weighted by atomic mass is 32.2. The number of rotatable bonds is 9. The summed E-state index contributed by atoms with van der Waals surface area (Å²) in [4.78, 5) is 36.9. The summed E-state index contributed by atoms with van der Waals surface area (Å²) >= 11 is 1.30. The van der Waals surface area contributed by atoms with E-state index in [1.807, 2.05) is 0 Å². The van der Waals surface area contributed by atoms with Gasteiger partial charge in [-0.2, -0.15) is 0 Å². The molecule has 0 unspecified atom stereocenters. The van der Waals surface area contributed by atoms with Crippen LogP contribution in [0.2, 0.25) is 0 Å². The van der Waals surface area contributed by atoms with Crippen LogP contribution in [0.5, 0.6) is 0 Å². The number of amides is 1. The minimum Gasteiger partial charge on any atom is -0.453 e. The Morgan fingerprint density at radius 3 is 2.47 bits per heavy atom. The van der Waals surface area contributed by atoms with Crippen LogP contribution >= 0.6 is 11.3 Å². The summed E-state index contributed by atoms with van der Waals surface area (Å²) in [6.07, 6.45) is -1.25. The zero-order valence-corrected chi connectivity index (χ0v) is 18.8. The van der Waals surface area contributed by atoms with Crippen molar-refractivity contribution < 1.29 is 27.5 Å². The molecule has 0 saturated carbocycles. The van der Waals surface area contributed by atoms with Crippen LogP contribution in [-0.2, 0) is 24.3 Å². The normalized spacial score (nSPS) is 12.4. The summed E-state index contributed by atoms with van der Waals surface area (Å²) in [7, 11) is -0.830. The maximum Gasteiger partial charge on any atom is 0.307 e. The maximum atomic E-state index is 12.4. The SMILES string of the molecule is Cc1ccc(S(=O)(=O)N(C)C)cc1NC(=O)[C@H](C)OC(=O)CCC(=O)c1cccs1. The van der Waals surface area contributed by atoms with Gasteiger partial charge >= 0.3 is 5.97 Å². The first-order valence-electron chi connectivity index (χ1n) is 9.12. The minimum absolute atomic E-state index is 0.00274. The van der Waals surface area contributed by atoms with E-state index in [2.05, 4.69) is 5.32 Å². The van der Waals surface area contributed by atoms with E-state index in [-0.39, 0.29) is 23.5 Å². The molecule has 8 nitrogen and oxygen atoms in total. The molecule has 162 valence electrons. The van der Waals surface area contributed by atoms with Gasteiger partial charge in [-0.3, -0.25) is 14.4 Å². The lowest BCUT2D eigenvalue weighted by molar-refractivity contribution is -0.153. The van der Waals surface area contributed by atoms with Crippen molar-refractivity contribution in [2.45, 2.75) is 37.7 Å². The number of Topliss-reactive ketones (excluding diaryl/α,β-unsaturated/α-hetero) is 1. The third kappa shape index (κ3) is 5.97. The number of hydrogen-bond acceptors (Lipinski definition) is 7. The predicted octanol–water partition coefficient (Wildman–Crippen LogP) is 2.84. The van der Waals surface area contributed by atoms with Gasteiger partial charge in [-0.25, -0.2) is 12.7 Å². The Morgan fingerprint density at radius 1 is 1.17 bits per heavy atom. The van der Waals surface area contributed by atoms with Crippen LogP contribution in [0.3, 0.4) is 0 Å². The summed E-state index contributed by atoms with van der Waals surface area (Å²) in [5.41, 5.74) is 0.958. The van der Waals surface area contributed by atoms with Gasteiger partial charge in [-0.05, 0) is 43.0 Å². The van der Waals surface area contributed by atoms with E-state index < -0.39 is 28.0 Å². The van der Waals surface area contributed by atoms with E-state index in [0.29, 0.717) is 16.1 Å². The first-order valence-corrected chi connectivity index (χ1v) is 11.4. The van der Waals surface area contributed by atoms with Crippen LogP contribution < -0.4 is 5.32 Å². The first-order chi connectivity index (χ1) is 14.0. The molecule has 0 aliphatic carbocycles. The summed E-state index contributed by atoms with van der Waals surface area (Å²) in [5.74, 6) is -1.42. The summed E-state index contributed by atoms with van der Waals surface area (Å²) in [6, 6.07) is 7.83. The lowest BCUT2D eigenvalue weighted by Crippen LogP contribution is -2.30. The van der Waals surface area contributed by atoms with E-state index in [1.165, 1.54) is 44.5 Å². The topological polar surface area (TPSA) is 110 Å². The number of sulfonamides is 1. The van der Waals surface area contributed by atoms with Crippen LogP contribution in [0, 0.1) is 6.92 Å². The smallest absolute Gasteiger partial charge is 0.307 e. The average molecular weight is 453 g/mol. The Labute approximate surface area is 179 Å². The molecule has 1 N–H and O–H groups in total. The van der Waals surface area contributed by atoms with Crippen molar-refractivity contribution in [3.8, 4) is 0 Å². The van der Waals surface area contributed by atoms with Gasteiger partial charge in [0.15, 0.2) is 11.9 Å². The van der Waals surface area contributed by atoms with Gasteiger partial charge in [0, 0.05) is 26.2 Å². The van der Waals surface area contributed by atoms with Crippen molar-refractivity contribution in [2.24, 2.45) is 0 Å². The third-order valence-corrected chi connectivity index (χ3v) is 7.00. The molecule has 10 heteroatoms. The highest BCUT2D eigenvalue weighted by molar-refractivity contribution is 7.89. The highest BCUT2D eigenvalue weighted by Gasteiger charge is 2.22. The second-order valence-corrected chi connectivity index (χ2v) is 9.89. The number of carbonyl (C=O) groups is 3. The number of benzene rings is 1. The Balaban J connectivity index is 1.97. The molecular weight excluding hydrogens is 428 g/mol. The summed E-state index contributed by atoms with van der Waals surface area (Å²) in [5, 5.41) is 4.37. The minimum atomic E-state index is -3.66. The molecule has 1 heterocycles. The van der Waals surface area contributed by atoms with Crippen LogP contribution in [0.4, 0.5) is 5.69 Å². The second-order valence-electron chi connectivity index (χ2n) is 6.79. The number of anilines is 1. The fourth-order valence-electron chi connectivity index (χ4n) is 2.43. The quantitative estimate of drug-likeness (QED) is 0.463. The number of aryl methyl sites for hydroxylation is 1.